The van der Waals surface area contributed by atoms with Crippen LogP contribution in [0.4, 0.5) is 11.4 Å². The molecule has 0 heterocycles. The van der Waals surface area contributed by atoms with Crippen LogP contribution in [-0.2, 0) is 59.4 Å². The first-order chi connectivity index (χ1) is 13.4. The normalized spacial score (nSPS) is 6.67. The molecule has 14 nitrogen and oxygen atoms in total. The van der Waals surface area contributed by atoms with E-state index in [4.69, 9.17) is 67.3 Å². The summed E-state index contributed by atoms with van der Waals surface area (Å²) in [4.78, 5) is 49.3. The van der Waals surface area contributed by atoms with Gasteiger partial charge in [-0.1, -0.05) is 24.3 Å². The Morgan fingerprint density at radius 1 is 0.600 bits per heavy atom. The predicted octanol–water partition coefficient (Wildman–Crippen LogP) is 1.21. The second-order valence-electron chi connectivity index (χ2n) is 3.51. The Kier molecular flexibility index (Phi) is 42.6. The Hall–Kier alpha value is -2.88. The molecule has 2 aromatic carbocycles. The van der Waals surface area contributed by atoms with Crippen molar-refractivity contribution < 1.29 is 44.0 Å². The van der Waals surface area contributed by atoms with E-state index in [9.17, 15) is 20.2 Å². The molecule has 0 aliphatic heterocycles. The Morgan fingerprint density at radius 3 is 0.967 bits per heavy atom. The number of nitro benzene ring substituents is 2. The fourth-order valence-electron chi connectivity index (χ4n) is 1.19. The van der Waals surface area contributed by atoms with Gasteiger partial charge in [0.25, 0.3) is 11.4 Å². The largest absolute Gasteiger partial charge is 0.779 e. The van der Waals surface area contributed by atoms with Crippen LogP contribution in [0, 0.1) is 39.9 Å². The molecule has 2 aromatic rings. The van der Waals surface area contributed by atoms with Gasteiger partial charge in [-0.15, -0.1) is 19.6 Å². The van der Waals surface area contributed by atoms with Gasteiger partial charge in [-0.25, -0.2) is 0 Å². The van der Waals surface area contributed by atoms with Crippen molar-refractivity contribution in [3.8, 4) is 0 Å². The van der Waals surface area contributed by atoms with E-state index >= 15 is 0 Å². The van der Waals surface area contributed by atoms with Gasteiger partial charge in [0.15, 0.2) is 0 Å². The Morgan fingerprint density at radius 2 is 0.833 bits per heavy atom. The zero-order chi connectivity index (χ0) is 23.1. The molecule has 0 aliphatic rings. The molecule has 4 radical (unpaired) electrons. The topological polar surface area (TPSA) is 244 Å². The number of benzene rings is 2. The molecule has 0 saturated heterocycles. The van der Waals surface area contributed by atoms with Gasteiger partial charge in [-0.3, -0.25) is 20.2 Å². The molecule has 2 rings (SSSR count). The Labute approximate surface area is 200 Å². The van der Waals surface area contributed by atoms with E-state index in [1.165, 1.54) is 24.3 Å². The van der Waals surface area contributed by atoms with Crippen LogP contribution in [0.25, 0.3) is 0 Å². The molecule has 0 atom stereocenters. The fraction of sp³-hybridized carbons (Fsp3) is 0. The molecule has 0 bridgehead atoms. The van der Waals surface area contributed by atoms with Gasteiger partial charge in [0.1, 0.15) is 22.4 Å². The van der Waals surface area contributed by atoms with Gasteiger partial charge < -0.3 is 25.3 Å². The molecular weight excluding hydrogens is 532 g/mol. The number of hydrogen-bond donors (Lipinski definition) is 0. The molecule has 0 amide bonds. The molecule has 18 heteroatoms. The zero-order valence-corrected chi connectivity index (χ0v) is 17.9. The van der Waals surface area contributed by atoms with Crippen LogP contribution < -0.4 is 22.4 Å². The summed E-state index contributed by atoms with van der Waals surface area (Å²) in [7, 11) is 0. The maximum Gasteiger partial charge on any atom is 0.267 e. The third-order valence-corrected chi connectivity index (χ3v) is 2.56. The third kappa shape index (κ3) is 23.2. The quantitative estimate of drug-likeness (QED) is 0.228. The average molecular weight is 540 g/mol. The first-order valence-electron chi connectivity index (χ1n) is 5.96. The Bertz CT molecular complexity index is 658. The van der Waals surface area contributed by atoms with Gasteiger partial charge in [0.05, 0.1) is 9.85 Å². The molecular formula is C12H8Fe2N6O8S2-2. The predicted molar refractivity (Wildman–Crippen MR) is 99.5 cm³/mol. The van der Waals surface area contributed by atoms with E-state index in [-0.39, 0.29) is 45.5 Å². The van der Waals surface area contributed by atoms with E-state index in [1.807, 2.05) is 0 Å². The number of nitroso groups, excluding NO2 is 4. The van der Waals surface area contributed by atoms with E-state index < -0.39 is 9.85 Å². The maximum atomic E-state index is 10.1. The smallest absolute Gasteiger partial charge is 0.267 e. The minimum atomic E-state index is -0.462. The second kappa shape index (κ2) is 30.8. The van der Waals surface area contributed by atoms with Crippen LogP contribution in [-0.4, -0.2) is 9.85 Å². The van der Waals surface area contributed by atoms with Crippen LogP contribution >= 0.6 is 0 Å². The van der Waals surface area contributed by atoms with Gasteiger partial charge in [0, 0.05) is 46.3 Å². The molecule has 30 heavy (non-hydrogen) atoms. The van der Waals surface area contributed by atoms with Gasteiger partial charge in [0.2, 0.25) is 0 Å². The third-order valence-electron chi connectivity index (χ3n) is 2.06. The van der Waals surface area contributed by atoms with Crippen molar-refractivity contribution in [2.24, 2.45) is 0 Å². The van der Waals surface area contributed by atoms with Crippen molar-refractivity contribution in [3.05, 3.63) is 88.4 Å². The summed E-state index contributed by atoms with van der Waals surface area (Å²) < 4.78 is 0. The molecule has 0 unspecified atom stereocenters. The second-order valence-corrected chi connectivity index (χ2v) is 4.45. The van der Waals surface area contributed by atoms with Crippen LogP contribution in [0.1, 0.15) is 0 Å². The zero-order valence-electron chi connectivity index (χ0n) is 14.1. The van der Waals surface area contributed by atoms with Crippen molar-refractivity contribution in [2.45, 2.75) is 9.79 Å². The average Bonchev–Trinajstić information content (AvgIpc) is 2.74. The van der Waals surface area contributed by atoms with E-state index in [1.54, 1.807) is 24.3 Å². The van der Waals surface area contributed by atoms with Gasteiger partial charge >= 0.3 is 0 Å². The summed E-state index contributed by atoms with van der Waals surface area (Å²) in [6.07, 6.45) is 0. The number of rotatable bonds is 2. The summed E-state index contributed by atoms with van der Waals surface area (Å²) in [6.45, 7) is 0. The number of nitrogens with zero attached hydrogens (tertiary/aromatic N) is 6. The van der Waals surface area contributed by atoms with Crippen molar-refractivity contribution in [3.63, 3.8) is 0 Å². The molecule has 0 spiro atoms. The monoisotopic (exact) mass is 540 g/mol. The van der Waals surface area contributed by atoms with Crippen molar-refractivity contribution >= 4 is 36.6 Å². The van der Waals surface area contributed by atoms with Crippen LogP contribution in [0.2, 0.25) is 0 Å². The number of non-ortho nitro benzene ring substituents is 2. The Balaban J connectivity index is -0.0000000686. The minimum Gasteiger partial charge on any atom is -0.779 e. The molecule has 0 N–H and O–H groups in total. The standard InChI is InChI=1S/2C6H5NO2S.2Fe.4NO/c2*8-7(9)5-2-1-3-6(10)4-5;;;4*1-2/h2*1-4,10H;;;;;;/p-2. The van der Waals surface area contributed by atoms with Crippen LogP contribution in [0.15, 0.2) is 58.3 Å². The van der Waals surface area contributed by atoms with E-state index in [2.05, 4.69) is 0 Å². The van der Waals surface area contributed by atoms with Gasteiger partial charge in [-0.05, 0) is 12.1 Å². The summed E-state index contributed by atoms with van der Waals surface area (Å²) in [6, 6.07) is 12.0. The molecule has 0 fully saturated rings. The summed E-state index contributed by atoms with van der Waals surface area (Å²) in [5.41, 5.74) is 23.1. The van der Waals surface area contributed by atoms with Crippen molar-refractivity contribution in [1.82, 2.24) is 22.4 Å². The molecule has 0 aliphatic carbocycles. The molecule has 0 aromatic heterocycles. The number of nitro groups is 2. The van der Waals surface area contributed by atoms with Crippen LogP contribution in [0.5, 0.6) is 0 Å². The van der Waals surface area contributed by atoms with Crippen molar-refractivity contribution in [2.75, 3.05) is 0 Å². The fourth-order valence-corrected chi connectivity index (χ4v) is 1.59. The van der Waals surface area contributed by atoms with Crippen molar-refractivity contribution in [1.29, 1.82) is 0 Å². The SMILES string of the molecule is O=[N+]([O-])c1cccc([S-])c1.O=[N+]([O-])c1cccc([S-])c1.[Fe].[Fe].[N]=O.[N]=O.[N]=O.[N]=O. The molecule has 0 saturated carbocycles. The van der Waals surface area contributed by atoms with Gasteiger partial charge in [-0.2, -0.15) is 9.79 Å². The first-order valence-corrected chi connectivity index (χ1v) is 6.78. The van der Waals surface area contributed by atoms with E-state index in [0.717, 1.165) is 0 Å². The first kappa shape index (κ1) is 41.5. The summed E-state index contributed by atoms with van der Waals surface area (Å²) in [5, 5.41) is 20.2. The minimum absolute atomic E-state index is 0. The maximum absolute atomic E-state index is 10.1. The van der Waals surface area contributed by atoms with Crippen LogP contribution in [0.3, 0.4) is 0 Å². The number of hydrogen-bond acceptors (Lipinski definition) is 10. The summed E-state index contributed by atoms with van der Waals surface area (Å²) in [5.74, 6) is 0. The summed E-state index contributed by atoms with van der Waals surface area (Å²) >= 11 is 9.43. The van der Waals surface area contributed by atoms with E-state index in [0.29, 0.717) is 9.79 Å². The molecule has 164 valence electrons.